The highest BCUT2D eigenvalue weighted by molar-refractivity contribution is 7.89. The lowest BCUT2D eigenvalue weighted by Gasteiger charge is -2.14. The molecule has 2 aromatic heterocycles. The van der Waals surface area contributed by atoms with E-state index in [4.69, 9.17) is 5.14 Å². The number of hydrogen-bond acceptors (Lipinski definition) is 7. The molecule has 0 fully saturated rings. The SMILES string of the molecule is Cn1cnc2c3nc(Nc4cc(S(N)(=O)=O)ccc4OC(F)(F)F)sc3ccc21. The van der Waals surface area contributed by atoms with Gasteiger partial charge in [0, 0.05) is 7.05 Å². The first kappa shape index (κ1) is 19.4. The van der Waals surface area contributed by atoms with Crippen molar-refractivity contribution < 1.29 is 26.3 Å². The van der Waals surface area contributed by atoms with Gasteiger partial charge >= 0.3 is 6.36 Å². The highest BCUT2D eigenvalue weighted by atomic mass is 32.2. The van der Waals surface area contributed by atoms with Crippen LogP contribution < -0.4 is 15.2 Å². The number of sulfonamides is 1. The number of rotatable bonds is 4. The highest BCUT2D eigenvalue weighted by Gasteiger charge is 2.32. The van der Waals surface area contributed by atoms with Gasteiger partial charge in [0.2, 0.25) is 10.0 Å². The molecule has 152 valence electrons. The van der Waals surface area contributed by atoms with E-state index in [0.29, 0.717) is 11.0 Å². The fourth-order valence-electron chi connectivity index (χ4n) is 2.75. The number of anilines is 2. The molecule has 2 heterocycles. The van der Waals surface area contributed by atoms with Gasteiger partial charge in [-0.15, -0.1) is 13.2 Å². The van der Waals surface area contributed by atoms with Gasteiger partial charge < -0.3 is 14.6 Å². The summed E-state index contributed by atoms with van der Waals surface area (Å²) in [6.07, 6.45) is -3.34. The van der Waals surface area contributed by atoms with Crippen molar-refractivity contribution in [3.63, 3.8) is 0 Å². The molecule has 0 bridgehead atoms. The van der Waals surface area contributed by atoms with Crippen molar-refractivity contribution in [1.82, 2.24) is 14.5 Å². The number of aromatic nitrogens is 3. The summed E-state index contributed by atoms with van der Waals surface area (Å²) in [5.41, 5.74) is 1.80. The van der Waals surface area contributed by atoms with Gasteiger partial charge in [-0.1, -0.05) is 11.3 Å². The maximum absolute atomic E-state index is 12.7. The Morgan fingerprint density at radius 1 is 1.21 bits per heavy atom. The van der Waals surface area contributed by atoms with Crippen molar-refractivity contribution >= 4 is 53.4 Å². The maximum Gasteiger partial charge on any atom is 0.573 e. The van der Waals surface area contributed by atoms with Gasteiger partial charge in [-0.25, -0.2) is 23.5 Å². The second-order valence-corrected chi connectivity index (χ2v) is 8.62. The number of halogens is 3. The summed E-state index contributed by atoms with van der Waals surface area (Å²) in [5, 5.41) is 8.01. The van der Waals surface area contributed by atoms with Crippen LogP contribution in [0, 0.1) is 0 Å². The summed E-state index contributed by atoms with van der Waals surface area (Å²) in [4.78, 5) is 8.31. The Bertz CT molecular complexity index is 1350. The third kappa shape index (κ3) is 3.83. The largest absolute Gasteiger partial charge is 0.573 e. The first-order valence-electron chi connectivity index (χ1n) is 7.91. The monoisotopic (exact) mass is 443 g/mol. The number of imidazole rings is 1. The van der Waals surface area contributed by atoms with Crippen molar-refractivity contribution in [2.45, 2.75) is 11.3 Å². The lowest BCUT2D eigenvalue weighted by atomic mass is 10.3. The van der Waals surface area contributed by atoms with Crippen molar-refractivity contribution in [2.75, 3.05) is 5.32 Å². The number of primary sulfonamides is 1. The van der Waals surface area contributed by atoms with Crippen LogP contribution in [-0.2, 0) is 17.1 Å². The van der Waals surface area contributed by atoms with Crippen LogP contribution in [0.1, 0.15) is 0 Å². The molecule has 13 heteroatoms. The number of hydrogen-bond donors (Lipinski definition) is 2. The Hall–Kier alpha value is -2.90. The smallest absolute Gasteiger partial charge is 0.404 e. The normalized spacial score (nSPS) is 12.6. The molecule has 0 amide bonds. The number of aryl methyl sites for hydroxylation is 1. The quantitative estimate of drug-likeness (QED) is 0.500. The van der Waals surface area contributed by atoms with E-state index in [2.05, 4.69) is 20.0 Å². The third-order valence-corrected chi connectivity index (χ3v) is 5.85. The predicted molar refractivity (Wildman–Crippen MR) is 102 cm³/mol. The van der Waals surface area contributed by atoms with E-state index in [1.807, 2.05) is 23.7 Å². The van der Waals surface area contributed by atoms with Crippen LogP contribution >= 0.6 is 11.3 Å². The predicted octanol–water partition coefficient (Wildman–Crippen LogP) is 3.47. The Morgan fingerprint density at radius 2 is 1.97 bits per heavy atom. The van der Waals surface area contributed by atoms with Gasteiger partial charge in [-0.2, -0.15) is 0 Å². The van der Waals surface area contributed by atoms with Gasteiger partial charge in [0.05, 0.1) is 27.1 Å². The zero-order valence-electron chi connectivity index (χ0n) is 14.6. The molecule has 4 aromatic rings. The fourth-order valence-corrected chi connectivity index (χ4v) is 4.18. The highest BCUT2D eigenvalue weighted by Crippen LogP contribution is 2.37. The van der Waals surface area contributed by atoms with Crippen LogP contribution in [0.2, 0.25) is 0 Å². The molecule has 0 saturated heterocycles. The molecule has 4 rings (SSSR count). The summed E-state index contributed by atoms with van der Waals surface area (Å²) >= 11 is 1.17. The molecule has 0 saturated carbocycles. The van der Waals surface area contributed by atoms with Crippen LogP contribution in [-0.4, -0.2) is 29.3 Å². The van der Waals surface area contributed by atoms with E-state index < -0.39 is 22.1 Å². The molecule has 0 unspecified atom stereocenters. The minimum atomic E-state index is -4.97. The van der Waals surface area contributed by atoms with E-state index in [9.17, 15) is 21.6 Å². The van der Waals surface area contributed by atoms with Crippen LogP contribution in [0.5, 0.6) is 5.75 Å². The number of fused-ring (bicyclic) bond motifs is 3. The Morgan fingerprint density at radius 3 is 2.66 bits per heavy atom. The minimum absolute atomic E-state index is 0.233. The van der Waals surface area contributed by atoms with Gasteiger partial charge in [-0.05, 0) is 30.3 Å². The average Bonchev–Trinajstić information content (AvgIpc) is 3.17. The molecule has 8 nitrogen and oxygen atoms in total. The molecule has 0 spiro atoms. The zero-order valence-corrected chi connectivity index (χ0v) is 16.2. The summed E-state index contributed by atoms with van der Waals surface area (Å²) < 4.78 is 67.9. The summed E-state index contributed by atoms with van der Waals surface area (Å²) in [6.45, 7) is 0. The van der Waals surface area contributed by atoms with Gasteiger partial charge in [-0.3, -0.25) is 0 Å². The Balaban J connectivity index is 1.80. The second kappa shape index (κ2) is 6.57. The number of alkyl halides is 3. The molecule has 0 atom stereocenters. The Kier molecular flexibility index (Phi) is 4.40. The van der Waals surface area contributed by atoms with Crippen molar-refractivity contribution in [2.24, 2.45) is 12.2 Å². The number of nitrogens with one attached hydrogen (secondary N) is 1. The average molecular weight is 443 g/mol. The standard InChI is InChI=1S/C16H12F3N5O3S2/c1-24-7-21-13-10(24)3-5-12-14(13)23-15(28-12)22-9-6-8(29(20,25)26)2-4-11(9)27-16(17,18)19/h2-7H,1H3,(H,22,23)(H2,20,25,26). The van der Waals surface area contributed by atoms with E-state index in [-0.39, 0.29) is 15.7 Å². The third-order valence-electron chi connectivity index (χ3n) is 4.00. The Labute approximate surface area is 165 Å². The zero-order chi connectivity index (χ0) is 21.0. The molecule has 0 radical (unpaired) electrons. The fraction of sp³-hybridized carbons (Fsp3) is 0.125. The molecule has 0 aliphatic rings. The van der Waals surface area contributed by atoms with Crippen LogP contribution in [0.3, 0.4) is 0 Å². The molecule has 2 aromatic carbocycles. The number of ether oxygens (including phenoxy) is 1. The molecule has 29 heavy (non-hydrogen) atoms. The number of nitrogens with zero attached hydrogens (tertiary/aromatic N) is 3. The van der Waals surface area contributed by atoms with Crippen LogP contribution in [0.25, 0.3) is 21.3 Å². The topological polar surface area (TPSA) is 112 Å². The van der Waals surface area contributed by atoms with E-state index in [1.54, 1.807) is 6.33 Å². The summed E-state index contributed by atoms with van der Waals surface area (Å²) in [5.74, 6) is -0.618. The van der Waals surface area contributed by atoms with Gasteiger partial charge in [0.1, 0.15) is 11.0 Å². The van der Waals surface area contributed by atoms with E-state index >= 15 is 0 Å². The van der Waals surface area contributed by atoms with Gasteiger partial charge in [0.15, 0.2) is 10.9 Å². The molecule has 3 N–H and O–H groups in total. The number of thiazole rings is 1. The summed E-state index contributed by atoms with van der Waals surface area (Å²) in [7, 11) is -2.31. The molecular weight excluding hydrogens is 431 g/mol. The van der Waals surface area contributed by atoms with Gasteiger partial charge in [0.25, 0.3) is 0 Å². The second-order valence-electron chi connectivity index (χ2n) is 6.03. The minimum Gasteiger partial charge on any atom is -0.404 e. The lowest BCUT2D eigenvalue weighted by molar-refractivity contribution is -0.274. The van der Waals surface area contributed by atoms with Crippen molar-refractivity contribution in [1.29, 1.82) is 0 Å². The molecule has 0 aliphatic heterocycles. The molecular formula is C16H12F3N5O3S2. The van der Waals surface area contributed by atoms with E-state index in [0.717, 1.165) is 28.4 Å². The summed E-state index contributed by atoms with van der Waals surface area (Å²) in [6, 6.07) is 6.43. The van der Waals surface area contributed by atoms with Crippen molar-refractivity contribution in [3.8, 4) is 5.75 Å². The van der Waals surface area contributed by atoms with E-state index in [1.165, 1.54) is 11.3 Å². The lowest BCUT2D eigenvalue weighted by Crippen LogP contribution is -2.18. The number of nitrogens with two attached hydrogens (primary N) is 1. The first-order chi connectivity index (χ1) is 13.5. The van der Waals surface area contributed by atoms with Crippen molar-refractivity contribution in [3.05, 3.63) is 36.7 Å². The van der Waals surface area contributed by atoms with Crippen LogP contribution in [0.15, 0.2) is 41.6 Å². The maximum atomic E-state index is 12.7. The first-order valence-corrected chi connectivity index (χ1v) is 10.3. The number of benzene rings is 2. The molecule has 0 aliphatic carbocycles. The van der Waals surface area contributed by atoms with Crippen LogP contribution in [0.4, 0.5) is 24.0 Å².